The molecule has 0 saturated carbocycles. The summed E-state index contributed by atoms with van der Waals surface area (Å²) >= 11 is 1.63. The normalized spacial score (nSPS) is 27.0. The standard InChI is InChI=1S/C17H19N3OS/c1-2-12-10-22-16-7-18-15(6-14(12)16)17(21)19-13-5-11-3-4-20(8-11)9-13/h2,6-7,10-11,13H,1,3-5,8-9H2,(H,19,21)/t11-,13+/m0/s1. The van der Waals surface area contributed by atoms with Crippen molar-refractivity contribution in [3.05, 3.63) is 35.5 Å². The molecule has 2 aromatic rings. The van der Waals surface area contributed by atoms with Gasteiger partial charge in [0.2, 0.25) is 0 Å². The lowest BCUT2D eigenvalue weighted by atomic mass is 9.97. The van der Waals surface area contributed by atoms with Gasteiger partial charge < -0.3 is 10.2 Å². The van der Waals surface area contributed by atoms with Crippen molar-refractivity contribution in [3.8, 4) is 0 Å². The highest BCUT2D eigenvalue weighted by Crippen LogP contribution is 2.28. The highest BCUT2D eigenvalue weighted by atomic mass is 32.1. The Balaban J connectivity index is 1.53. The molecule has 22 heavy (non-hydrogen) atoms. The second-order valence-corrected chi connectivity index (χ2v) is 7.19. The molecule has 0 aliphatic carbocycles. The molecular formula is C17H19N3OS. The van der Waals surface area contributed by atoms with E-state index in [2.05, 4.69) is 21.8 Å². The van der Waals surface area contributed by atoms with Crippen molar-refractivity contribution in [2.24, 2.45) is 5.92 Å². The van der Waals surface area contributed by atoms with E-state index in [4.69, 9.17) is 0 Å². The smallest absolute Gasteiger partial charge is 0.270 e. The Morgan fingerprint density at radius 2 is 2.41 bits per heavy atom. The second-order valence-electron chi connectivity index (χ2n) is 6.28. The molecule has 2 saturated heterocycles. The lowest BCUT2D eigenvalue weighted by molar-refractivity contribution is 0.0904. The van der Waals surface area contributed by atoms with Crippen molar-refractivity contribution >= 4 is 33.4 Å². The van der Waals surface area contributed by atoms with E-state index in [1.165, 1.54) is 19.5 Å². The fraction of sp³-hybridized carbons (Fsp3) is 0.412. The molecule has 114 valence electrons. The first-order valence-electron chi connectivity index (χ1n) is 7.76. The largest absolute Gasteiger partial charge is 0.347 e. The zero-order chi connectivity index (χ0) is 15.1. The first-order chi connectivity index (χ1) is 10.7. The third-order valence-electron chi connectivity index (χ3n) is 4.75. The minimum Gasteiger partial charge on any atom is -0.347 e. The highest BCUT2D eigenvalue weighted by molar-refractivity contribution is 7.17. The molecular weight excluding hydrogens is 294 g/mol. The zero-order valence-corrected chi connectivity index (χ0v) is 13.2. The van der Waals surface area contributed by atoms with Crippen LogP contribution in [0.1, 0.15) is 28.9 Å². The van der Waals surface area contributed by atoms with Gasteiger partial charge in [-0.1, -0.05) is 12.7 Å². The van der Waals surface area contributed by atoms with E-state index in [-0.39, 0.29) is 11.9 Å². The molecule has 2 aliphatic heterocycles. The lowest BCUT2D eigenvalue weighted by Crippen LogP contribution is -2.47. The number of amides is 1. The molecule has 2 bridgehead atoms. The van der Waals surface area contributed by atoms with Gasteiger partial charge in [0.25, 0.3) is 5.91 Å². The Labute approximate surface area is 133 Å². The number of piperidine rings is 1. The average molecular weight is 313 g/mol. The SMILES string of the molecule is C=Cc1csc2cnc(C(=O)N[C@@H]3C[C@@H]4CCN(C4)C3)cc12. The average Bonchev–Trinajstić information content (AvgIpc) is 3.09. The van der Waals surface area contributed by atoms with Crippen LogP contribution in [0.5, 0.6) is 0 Å². The molecule has 2 aliphatic rings. The van der Waals surface area contributed by atoms with Crippen molar-refractivity contribution in [1.82, 2.24) is 15.2 Å². The van der Waals surface area contributed by atoms with Crippen LogP contribution < -0.4 is 5.32 Å². The lowest BCUT2D eigenvalue weighted by Gasteiger charge is -2.30. The van der Waals surface area contributed by atoms with Gasteiger partial charge in [-0.25, -0.2) is 4.98 Å². The van der Waals surface area contributed by atoms with Gasteiger partial charge in [0.15, 0.2) is 0 Å². The number of fused-ring (bicyclic) bond motifs is 3. The van der Waals surface area contributed by atoms with E-state index in [0.717, 1.165) is 34.5 Å². The van der Waals surface area contributed by atoms with Gasteiger partial charge in [-0.3, -0.25) is 4.79 Å². The van der Waals surface area contributed by atoms with Crippen LogP contribution in [0, 0.1) is 5.92 Å². The van der Waals surface area contributed by atoms with E-state index in [0.29, 0.717) is 5.69 Å². The number of thiophene rings is 1. The molecule has 0 spiro atoms. The number of aromatic nitrogens is 1. The molecule has 3 atom stereocenters. The molecule has 2 fully saturated rings. The van der Waals surface area contributed by atoms with Crippen LogP contribution in [0.2, 0.25) is 0 Å². The van der Waals surface area contributed by atoms with E-state index in [9.17, 15) is 4.79 Å². The molecule has 0 radical (unpaired) electrons. The highest BCUT2D eigenvalue weighted by Gasteiger charge is 2.33. The first-order valence-corrected chi connectivity index (χ1v) is 8.64. The van der Waals surface area contributed by atoms with Crippen LogP contribution in [-0.2, 0) is 0 Å². The van der Waals surface area contributed by atoms with Crippen molar-refractivity contribution in [2.45, 2.75) is 18.9 Å². The fourth-order valence-corrected chi connectivity index (χ4v) is 4.55. The maximum atomic E-state index is 12.5. The van der Waals surface area contributed by atoms with Gasteiger partial charge in [-0.15, -0.1) is 11.3 Å². The predicted molar refractivity (Wildman–Crippen MR) is 90.1 cm³/mol. The van der Waals surface area contributed by atoms with E-state index >= 15 is 0 Å². The van der Waals surface area contributed by atoms with Crippen molar-refractivity contribution in [1.29, 1.82) is 0 Å². The Morgan fingerprint density at radius 1 is 1.50 bits per heavy atom. The van der Waals surface area contributed by atoms with E-state index in [1.807, 2.05) is 17.5 Å². The first kappa shape index (κ1) is 13.9. The number of nitrogens with zero attached hydrogens (tertiary/aromatic N) is 2. The summed E-state index contributed by atoms with van der Waals surface area (Å²) in [5, 5.41) is 6.28. The van der Waals surface area contributed by atoms with Crippen LogP contribution in [0.3, 0.4) is 0 Å². The quantitative estimate of drug-likeness (QED) is 0.948. The summed E-state index contributed by atoms with van der Waals surface area (Å²) in [7, 11) is 0. The third kappa shape index (κ3) is 2.44. The third-order valence-corrected chi connectivity index (χ3v) is 5.70. The number of pyridine rings is 1. The Hall–Kier alpha value is -1.72. The predicted octanol–water partition coefficient (Wildman–Crippen LogP) is 2.76. The number of hydrogen-bond acceptors (Lipinski definition) is 4. The van der Waals surface area contributed by atoms with Gasteiger partial charge in [-0.05, 0) is 42.3 Å². The minimum absolute atomic E-state index is 0.0596. The van der Waals surface area contributed by atoms with Crippen molar-refractivity contribution in [2.75, 3.05) is 19.6 Å². The maximum Gasteiger partial charge on any atom is 0.270 e. The van der Waals surface area contributed by atoms with Gasteiger partial charge in [0.1, 0.15) is 5.69 Å². The van der Waals surface area contributed by atoms with Gasteiger partial charge in [-0.2, -0.15) is 0 Å². The Kier molecular flexibility index (Phi) is 3.47. The summed E-state index contributed by atoms with van der Waals surface area (Å²) in [5.74, 6) is 0.689. The molecule has 4 rings (SSSR count). The number of rotatable bonds is 3. The number of hydrogen-bond donors (Lipinski definition) is 1. The van der Waals surface area contributed by atoms with Crippen LogP contribution in [0.15, 0.2) is 24.2 Å². The summed E-state index contributed by atoms with van der Waals surface area (Å²) in [4.78, 5) is 19.3. The van der Waals surface area contributed by atoms with Crippen LogP contribution in [0.25, 0.3) is 16.2 Å². The summed E-state index contributed by atoms with van der Waals surface area (Å²) < 4.78 is 1.09. The number of carbonyl (C=O) groups excluding carboxylic acids is 1. The van der Waals surface area contributed by atoms with Gasteiger partial charge >= 0.3 is 0 Å². The Bertz CT molecular complexity index is 727. The van der Waals surface area contributed by atoms with Crippen LogP contribution in [-0.4, -0.2) is 41.5 Å². The molecule has 4 nitrogen and oxygen atoms in total. The summed E-state index contributed by atoms with van der Waals surface area (Å²) in [6.07, 6.45) is 5.98. The van der Waals surface area contributed by atoms with Crippen LogP contribution in [0.4, 0.5) is 0 Å². The second kappa shape index (κ2) is 5.48. The Morgan fingerprint density at radius 3 is 3.23 bits per heavy atom. The topological polar surface area (TPSA) is 45.2 Å². The zero-order valence-electron chi connectivity index (χ0n) is 12.4. The van der Waals surface area contributed by atoms with Crippen molar-refractivity contribution in [3.63, 3.8) is 0 Å². The number of nitrogens with one attached hydrogen (secondary N) is 1. The van der Waals surface area contributed by atoms with E-state index in [1.54, 1.807) is 17.5 Å². The molecule has 1 N–H and O–H groups in total. The van der Waals surface area contributed by atoms with Crippen LogP contribution >= 0.6 is 11.3 Å². The molecule has 1 unspecified atom stereocenters. The summed E-state index contributed by atoms with van der Waals surface area (Å²) in [6.45, 7) is 7.18. The molecule has 4 heterocycles. The summed E-state index contributed by atoms with van der Waals surface area (Å²) in [5.41, 5.74) is 1.57. The minimum atomic E-state index is -0.0596. The molecule has 5 heteroatoms. The van der Waals surface area contributed by atoms with Gasteiger partial charge in [0.05, 0.1) is 4.70 Å². The molecule has 2 aromatic heterocycles. The monoisotopic (exact) mass is 313 g/mol. The van der Waals surface area contributed by atoms with E-state index < -0.39 is 0 Å². The van der Waals surface area contributed by atoms with Gasteiger partial charge in [0, 0.05) is 30.7 Å². The molecule has 0 aromatic carbocycles. The molecule has 1 amide bonds. The fourth-order valence-electron chi connectivity index (χ4n) is 3.66. The summed E-state index contributed by atoms with van der Waals surface area (Å²) in [6, 6.07) is 2.14. The van der Waals surface area contributed by atoms with Crippen molar-refractivity contribution < 1.29 is 4.79 Å². The maximum absolute atomic E-state index is 12.5. The number of carbonyl (C=O) groups is 1.